The summed E-state index contributed by atoms with van der Waals surface area (Å²) in [5.41, 5.74) is 4.48. The number of Topliss-reactive ketones (excluding diaryl/α,β-unsaturated/α-hetero) is 1. The first kappa shape index (κ1) is 51.4. The number of amides is 4. The second-order valence-corrected chi connectivity index (χ2v) is 20.5. The second-order valence-electron chi connectivity index (χ2n) is 17.0. The van der Waals surface area contributed by atoms with Gasteiger partial charge in [-0.25, -0.2) is 8.42 Å². The summed E-state index contributed by atoms with van der Waals surface area (Å²) in [5.74, 6) is -7.11. The number of nitrogens with one attached hydrogen (secondary N) is 4. The van der Waals surface area contributed by atoms with Gasteiger partial charge in [0.05, 0.1) is 39.2 Å². The Kier molecular flexibility index (Phi) is 16.1. The fraction of sp³-hybridized carbons (Fsp3) is 0.391. The van der Waals surface area contributed by atoms with Crippen molar-refractivity contribution in [3.05, 3.63) is 89.5 Å². The van der Waals surface area contributed by atoms with E-state index in [0.717, 1.165) is 12.1 Å². The summed E-state index contributed by atoms with van der Waals surface area (Å²) in [4.78, 5) is 105. The van der Waals surface area contributed by atoms with Crippen molar-refractivity contribution in [2.75, 3.05) is 29.9 Å². The number of hydrogen-bond donors (Lipinski definition) is 6. The lowest BCUT2D eigenvalue weighted by molar-refractivity contribution is -0.142. The summed E-state index contributed by atoms with van der Waals surface area (Å²) in [5, 5.41) is 10.7. The number of rotatable bonds is 20. The van der Waals surface area contributed by atoms with Crippen molar-refractivity contribution in [3.8, 4) is 0 Å². The van der Waals surface area contributed by atoms with E-state index in [4.69, 9.17) is 5.73 Å². The molecule has 0 saturated carbocycles. The molecule has 1 fully saturated rings. The zero-order valence-electron chi connectivity index (χ0n) is 37.6. The van der Waals surface area contributed by atoms with Gasteiger partial charge in [0.15, 0.2) is 33.0 Å². The number of ketones is 4. The van der Waals surface area contributed by atoms with E-state index < -0.39 is 119 Å². The largest absolute Gasteiger partial charge is 0.397 e. The van der Waals surface area contributed by atoms with Gasteiger partial charge in [-0.15, -0.1) is 0 Å². The standard InChI is InChI=1S/C46H54N6O13S2/c1-7-29(53)20-25(4)44(58)49-27(6)46(60)52-18-11-16-34(52)45(59)51-40(24(2)3)35(54)21-26(5)43(57)48-17-19-66(61,62)30-13-10-12-28(22-30)50-33-23-36(67(63,64)65)39(47)38-37(33)41(55)31-14-8-9-15-32(31)42(38)56/h7-10,12-15,22-27,34,40,50H,1,11,16-21,47H2,2-6H3,(H,48,57)(H,49,58)(H,51,59)(H,63,64,65). The van der Waals surface area contributed by atoms with Crippen LogP contribution in [-0.4, -0.2) is 110 Å². The van der Waals surface area contributed by atoms with Gasteiger partial charge in [0, 0.05) is 54.6 Å². The molecule has 0 bridgehead atoms. The van der Waals surface area contributed by atoms with Crippen LogP contribution in [0.4, 0.5) is 17.1 Å². The normalized spacial score (nSPS) is 16.5. The number of nitrogen functional groups attached to an aromatic ring is 1. The minimum atomic E-state index is -5.02. The maximum absolute atomic E-state index is 13.7. The smallest absolute Gasteiger partial charge is 0.296 e. The van der Waals surface area contributed by atoms with Crippen LogP contribution in [0.5, 0.6) is 0 Å². The van der Waals surface area contributed by atoms with E-state index in [1.165, 1.54) is 67.3 Å². The fourth-order valence-corrected chi connectivity index (χ4v) is 9.81. The summed E-state index contributed by atoms with van der Waals surface area (Å²) in [6, 6.07) is 8.99. The van der Waals surface area contributed by atoms with Crippen LogP contribution in [0.3, 0.4) is 0 Å². The number of carbonyl (C=O) groups excluding carboxylic acids is 8. The number of hydrogen-bond acceptors (Lipinski definition) is 14. The van der Waals surface area contributed by atoms with Crippen molar-refractivity contribution in [2.24, 2.45) is 17.8 Å². The van der Waals surface area contributed by atoms with Crippen LogP contribution in [0.1, 0.15) is 92.1 Å². The number of nitrogens with two attached hydrogens (primary N) is 1. The van der Waals surface area contributed by atoms with Crippen molar-refractivity contribution in [1.29, 1.82) is 0 Å². The fourth-order valence-electron chi connectivity index (χ4n) is 7.97. The van der Waals surface area contributed by atoms with Crippen LogP contribution in [0, 0.1) is 17.8 Å². The Morgan fingerprint density at radius 2 is 1.48 bits per heavy atom. The molecule has 7 N–H and O–H groups in total. The number of anilines is 3. The molecule has 3 aromatic rings. The Labute approximate surface area is 388 Å². The van der Waals surface area contributed by atoms with E-state index >= 15 is 0 Å². The Bertz CT molecular complexity index is 2770. The highest BCUT2D eigenvalue weighted by Crippen LogP contribution is 2.40. The third-order valence-corrected chi connectivity index (χ3v) is 14.2. The lowest BCUT2D eigenvalue weighted by Crippen LogP contribution is -2.56. The van der Waals surface area contributed by atoms with Crippen molar-refractivity contribution in [2.45, 2.75) is 88.2 Å². The molecule has 21 heteroatoms. The van der Waals surface area contributed by atoms with Crippen molar-refractivity contribution < 1.29 is 59.7 Å². The molecular weight excluding hydrogens is 909 g/mol. The van der Waals surface area contributed by atoms with Gasteiger partial charge in [0.2, 0.25) is 23.6 Å². The van der Waals surface area contributed by atoms with Gasteiger partial charge in [-0.05, 0) is 56.0 Å². The van der Waals surface area contributed by atoms with E-state index in [9.17, 15) is 59.7 Å². The molecular formula is C46H54N6O13S2. The molecule has 358 valence electrons. The third kappa shape index (κ3) is 11.7. The monoisotopic (exact) mass is 962 g/mol. The van der Waals surface area contributed by atoms with E-state index in [0.29, 0.717) is 12.8 Å². The first-order valence-electron chi connectivity index (χ1n) is 21.5. The van der Waals surface area contributed by atoms with E-state index in [1.54, 1.807) is 20.8 Å². The Morgan fingerprint density at radius 1 is 0.851 bits per heavy atom. The first-order chi connectivity index (χ1) is 31.4. The Morgan fingerprint density at radius 3 is 2.09 bits per heavy atom. The number of sulfone groups is 1. The van der Waals surface area contributed by atoms with Gasteiger partial charge >= 0.3 is 0 Å². The molecule has 4 amide bonds. The highest BCUT2D eigenvalue weighted by molar-refractivity contribution is 7.91. The summed E-state index contributed by atoms with van der Waals surface area (Å²) < 4.78 is 61.6. The van der Waals surface area contributed by atoms with Crippen molar-refractivity contribution in [1.82, 2.24) is 20.9 Å². The Hall–Kier alpha value is -6.58. The minimum Gasteiger partial charge on any atom is -0.397 e. The predicted molar refractivity (Wildman–Crippen MR) is 246 cm³/mol. The number of fused-ring (bicyclic) bond motifs is 2. The number of carbonyl (C=O) groups is 8. The number of nitrogens with zero attached hydrogens (tertiary/aromatic N) is 1. The van der Waals surface area contributed by atoms with Crippen LogP contribution in [0.2, 0.25) is 0 Å². The Balaban J connectivity index is 1.19. The number of allylic oxidation sites excluding steroid dienone is 1. The maximum atomic E-state index is 13.7. The predicted octanol–water partition coefficient (Wildman–Crippen LogP) is 2.94. The average Bonchev–Trinajstić information content (AvgIpc) is 3.77. The van der Waals surface area contributed by atoms with Crippen LogP contribution in [-0.2, 0) is 48.7 Å². The van der Waals surface area contributed by atoms with Gasteiger partial charge in [0.25, 0.3) is 10.1 Å². The molecule has 1 saturated heterocycles. The number of benzene rings is 3. The summed E-state index contributed by atoms with van der Waals surface area (Å²) in [6.07, 6.45) is 1.53. The van der Waals surface area contributed by atoms with E-state index in [2.05, 4.69) is 27.8 Å². The zero-order chi connectivity index (χ0) is 49.7. The summed E-state index contributed by atoms with van der Waals surface area (Å²) in [6.45, 7) is 11.2. The molecule has 67 heavy (non-hydrogen) atoms. The van der Waals surface area contributed by atoms with Crippen LogP contribution >= 0.6 is 0 Å². The van der Waals surface area contributed by atoms with Crippen molar-refractivity contribution >= 4 is 83.8 Å². The molecule has 1 aliphatic heterocycles. The lowest BCUT2D eigenvalue weighted by atomic mass is 9.82. The first-order valence-corrected chi connectivity index (χ1v) is 24.6. The molecule has 5 atom stereocenters. The molecule has 2 aliphatic rings. The third-order valence-electron chi connectivity index (χ3n) is 11.6. The molecule has 5 unspecified atom stereocenters. The van der Waals surface area contributed by atoms with Crippen LogP contribution in [0.15, 0.2) is 77.0 Å². The van der Waals surface area contributed by atoms with Crippen LogP contribution < -0.4 is 27.0 Å². The maximum Gasteiger partial charge on any atom is 0.296 e. The summed E-state index contributed by atoms with van der Waals surface area (Å²) >= 11 is 0. The molecule has 1 heterocycles. The van der Waals surface area contributed by atoms with E-state index in [1.807, 2.05) is 0 Å². The number of likely N-dealkylation sites (tertiary alicyclic amines) is 1. The highest BCUT2D eigenvalue weighted by atomic mass is 32.2. The van der Waals surface area contributed by atoms with Crippen molar-refractivity contribution in [3.63, 3.8) is 0 Å². The van der Waals surface area contributed by atoms with Gasteiger partial charge in [-0.1, -0.05) is 64.6 Å². The quantitative estimate of drug-likeness (QED) is 0.0422. The summed E-state index contributed by atoms with van der Waals surface area (Å²) in [7, 11) is -9.14. The lowest BCUT2D eigenvalue weighted by Gasteiger charge is -2.30. The molecule has 1 aliphatic carbocycles. The minimum absolute atomic E-state index is 0.0224. The SMILES string of the molecule is C=CC(=O)CC(C)C(=O)NC(C)C(=O)N1CCCC1C(=O)NC(C(=O)CC(C)C(=O)NCCS(=O)(=O)c1cccc(Nc2cc(S(=O)(=O)O)c(N)c3c2C(=O)c2ccccc2C3=O)c1)C(C)C. The molecule has 0 radical (unpaired) electrons. The van der Waals surface area contributed by atoms with Gasteiger partial charge < -0.3 is 31.9 Å². The molecule has 0 aromatic heterocycles. The average molecular weight is 963 g/mol. The zero-order valence-corrected chi connectivity index (χ0v) is 39.2. The topological polar surface area (TPSA) is 302 Å². The molecule has 3 aromatic carbocycles. The second kappa shape index (κ2) is 20.9. The highest BCUT2D eigenvalue weighted by Gasteiger charge is 2.40. The van der Waals surface area contributed by atoms with Gasteiger partial charge in [0.1, 0.15) is 17.0 Å². The molecule has 0 spiro atoms. The van der Waals surface area contributed by atoms with Gasteiger partial charge in [-0.2, -0.15) is 8.42 Å². The van der Waals surface area contributed by atoms with Gasteiger partial charge in [-0.3, -0.25) is 42.9 Å². The molecule has 5 rings (SSSR count). The van der Waals surface area contributed by atoms with E-state index in [-0.39, 0.29) is 64.7 Å². The van der Waals surface area contributed by atoms with Crippen LogP contribution in [0.25, 0.3) is 0 Å². The molecule has 19 nitrogen and oxygen atoms in total.